The van der Waals surface area contributed by atoms with Crippen LogP contribution in [0.25, 0.3) is 6.08 Å². The lowest BCUT2D eigenvalue weighted by atomic mass is 9.87. The van der Waals surface area contributed by atoms with E-state index in [0.717, 1.165) is 5.56 Å². The predicted molar refractivity (Wildman–Crippen MR) is 95.0 cm³/mol. The molecule has 0 fully saturated rings. The minimum absolute atomic E-state index is 0.120. The molecule has 1 nitrogen and oxygen atoms in total. The van der Waals surface area contributed by atoms with Gasteiger partial charge in [-0.3, -0.25) is 4.79 Å². The molecular weight excluding hydrogens is 315 g/mol. The van der Waals surface area contributed by atoms with Crippen molar-refractivity contribution in [3.63, 3.8) is 0 Å². The fourth-order valence-electron chi connectivity index (χ4n) is 2.05. The third kappa shape index (κ3) is 4.22. The number of ketones is 1. The zero-order valence-electron chi connectivity index (χ0n) is 12.9. The van der Waals surface area contributed by atoms with Crippen LogP contribution in [-0.2, 0) is 5.41 Å². The molecule has 0 aromatic heterocycles. The lowest BCUT2D eigenvalue weighted by molar-refractivity contribution is 0.104. The quantitative estimate of drug-likeness (QED) is 0.484. The summed E-state index contributed by atoms with van der Waals surface area (Å²) in [6.07, 6.45) is 3.32. The molecule has 0 spiro atoms. The Hall–Kier alpha value is -1.57. The van der Waals surface area contributed by atoms with Gasteiger partial charge >= 0.3 is 0 Å². The van der Waals surface area contributed by atoms with Crippen molar-refractivity contribution in [1.82, 2.24) is 0 Å². The van der Waals surface area contributed by atoms with Crippen molar-refractivity contribution in [3.05, 3.63) is 75.3 Å². The second-order valence-corrected chi connectivity index (χ2v) is 7.04. The van der Waals surface area contributed by atoms with E-state index in [1.54, 1.807) is 24.3 Å². The summed E-state index contributed by atoms with van der Waals surface area (Å²) in [5.41, 5.74) is 2.81. The molecule has 2 rings (SSSR count). The van der Waals surface area contributed by atoms with Crippen molar-refractivity contribution in [2.45, 2.75) is 26.2 Å². The van der Waals surface area contributed by atoms with Gasteiger partial charge in [-0.25, -0.2) is 0 Å². The van der Waals surface area contributed by atoms with Crippen LogP contribution in [0.1, 0.15) is 42.3 Å². The van der Waals surface area contributed by atoms with E-state index in [-0.39, 0.29) is 11.2 Å². The Kier molecular flexibility index (Phi) is 5.10. The molecule has 2 aromatic carbocycles. The van der Waals surface area contributed by atoms with Gasteiger partial charge in [-0.1, -0.05) is 74.3 Å². The predicted octanol–water partition coefficient (Wildman–Crippen LogP) is 6.19. The standard InChI is InChI=1S/C19H18Cl2O/c1-19(2,3)14-7-4-13(5-8-14)6-11-18(22)16-10-9-15(20)12-17(16)21/h4-12H,1-3H3/b11-6+. The zero-order valence-corrected chi connectivity index (χ0v) is 14.4. The average molecular weight is 333 g/mol. The molecule has 0 atom stereocenters. The summed E-state index contributed by atoms with van der Waals surface area (Å²) in [7, 11) is 0. The SMILES string of the molecule is CC(C)(C)c1ccc(/C=C/C(=O)c2ccc(Cl)cc2Cl)cc1. The number of allylic oxidation sites excluding steroid dienone is 1. The van der Waals surface area contributed by atoms with Gasteiger partial charge in [0.1, 0.15) is 0 Å². The second-order valence-electron chi connectivity index (χ2n) is 6.19. The summed E-state index contributed by atoms with van der Waals surface area (Å²) in [5.74, 6) is -0.137. The third-order valence-electron chi connectivity index (χ3n) is 3.40. The van der Waals surface area contributed by atoms with Crippen LogP contribution in [0, 0.1) is 0 Å². The lowest BCUT2D eigenvalue weighted by Gasteiger charge is -2.18. The summed E-state index contributed by atoms with van der Waals surface area (Å²) in [5, 5.41) is 0.883. The van der Waals surface area contributed by atoms with Crippen LogP contribution >= 0.6 is 23.2 Å². The maximum Gasteiger partial charge on any atom is 0.187 e. The monoisotopic (exact) mass is 332 g/mol. The summed E-state index contributed by atoms with van der Waals surface area (Å²) in [4.78, 5) is 12.2. The van der Waals surface area contributed by atoms with Gasteiger partial charge in [0.25, 0.3) is 0 Å². The first kappa shape index (κ1) is 16.8. The van der Waals surface area contributed by atoms with E-state index in [0.29, 0.717) is 15.6 Å². The molecule has 0 N–H and O–H groups in total. The number of carbonyl (C=O) groups excluding carboxylic acids is 1. The molecule has 0 aliphatic rings. The number of halogens is 2. The van der Waals surface area contributed by atoms with Gasteiger partial charge in [-0.05, 0) is 40.8 Å². The first-order valence-corrected chi connectivity index (χ1v) is 7.81. The van der Waals surface area contributed by atoms with Gasteiger partial charge in [-0.15, -0.1) is 0 Å². The summed E-state index contributed by atoms with van der Waals surface area (Å²) in [6.45, 7) is 6.51. The summed E-state index contributed by atoms with van der Waals surface area (Å²) < 4.78 is 0. The van der Waals surface area contributed by atoms with Gasteiger partial charge in [0.15, 0.2) is 5.78 Å². The number of rotatable bonds is 3. The average Bonchev–Trinajstić information content (AvgIpc) is 2.44. The molecule has 114 valence electrons. The van der Waals surface area contributed by atoms with Crippen LogP contribution in [-0.4, -0.2) is 5.78 Å². The summed E-state index contributed by atoms with van der Waals surface area (Å²) >= 11 is 11.9. The molecule has 0 saturated carbocycles. The van der Waals surface area contributed by atoms with Crippen molar-refractivity contribution >= 4 is 35.1 Å². The van der Waals surface area contributed by atoms with Crippen molar-refractivity contribution in [2.24, 2.45) is 0 Å². The van der Waals surface area contributed by atoms with Crippen molar-refractivity contribution in [3.8, 4) is 0 Å². The number of hydrogen-bond acceptors (Lipinski definition) is 1. The summed E-state index contributed by atoms with van der Waals surface area (Å²) in [6, 6.07) is 13.1. The molecule has 0 heterocycles. The Bertz CT molecular complexity index is 707. The smallest absolute Gasteiger partial charge is 0.187 e. The minimum Gasteiger partial charge on any atom is -0.289 e. The second kappa shape index (κ2) is 6.68. The van der Waals surface area contributed by atoms with E-state index in [2.05, 4.69) is 32.9 Å². The van der Waals surface area contributed by atoms with Gasteiger partial charge < -0.3 is 0 Å². The molecule has 0 amide bonds. The van der Waals surface area contributed by atoms with E-state index in [4.69, 9.17) is 23.2 Å². The maximum atomic E-state index is 12.2. The number of carbonyl (C=O) groups is 1. The van der Waals surface area contributed by atoms with Gasteiger partial charge in [-0.2, -0.15) is 0 Å². The highest BCUT2D eigenvalue weighted by Crippen LogP contribution is 2.23. The van der Waals surface area contributed by atoms with Crippen LogP contribution in [0.5, 0.6) is 0 Å². The van der Waals surface area contributed by atoms with E-state index in [9.17, 15) is 4.79 Å². The number of benzene rings is 2. The molecule has 2 aromatic rings. The third-order valence-corrected chi connectivity index (χ3v) is 3.95. The Labute approximate surface area is 141 Å². The van der Waals surface area contributed by atoms with Crippen LogP contribution in [0.4, 0.5) is 0 Å². The van der Waals surface area contributed by atoms with Gasteiger partial charge in [0, 0.05) is 10.6 Å². The molecule has 0 aliphatic carbocycles. The van der Waals surface area contributed by atoms with E-state index in [1.807, 2.05) is 12.1 Å². The highest BCUT2D eigenvalue weighted by atomic mass is 35.5. The van der Waals surface area contributed by atoms with E-state index in [1.165, 1.54) is 11.6 Å². The largest absolute Gasteiger partial charge is 0.289 e. The Balaban J connectivity index is 2.16. The van der Waals surface area contributed by atoms with Gasteiger partial charge in [0.05, 0.1) is 5.02 Å². The Morgan fingerprint density at radius 3 is 2.18 bits per heavy atom. The molecule has 0 saturated heterocycles. The molecule has 22 heavy (non-hydrogen) atoms. The fraction of sp³-hybridized carbons (Fsp3) is 0.211. The van der Waals surface area contributed by atoms with Crippen molar-refractivity contribution in [2.75, 3.05) is 0 Å². The zero-order chi connectivity index (χ0) is 16.3. The molecule has 0 radical (unpaired) electrons. The molecule has 0 unspecified atom stereocenters. The molecule has 0 bridgehead atoms. The van der Waals surface area contributed by atoms with E-state index >= 15 is 0 Å². The highest BCUT2D eigenvalue weighted by molar-refractivity contribution is 6.37. The molecule has 3 heteroatoms. The Morgan fingerprint density at radius 1 is 1.00 bits per heavy atom. The highest BCUT2D eigenvalue weighted by Gasteiger charge is 2.12. The Morgan fingerprint density at radius 2 is 1.64 bits per heavy atom. The normalized spacial score (nSPS) is 11.9. The first-order valence-electron chi connectivity index (χ1n) is 7.05. The van der Waals surface area contributed by atoms with Crippen LogP contribution < -0.4 is 0 Å². The number of hydrogen-bond donors (Lipinski definition) is 0. The van der Waals surface area contributed by atoms with Crippen LogP contribution in [0.3, 0.4) is 0 Å². The minimum atomic E-state index is -0.137. The van der Waals surface area contributed by atoms with Crippen LogP contribution in [0.15, 0.2) is 48.5 Å². The van der Waals surface area contributed by atoms with Crippen molar-refractivity contribution < 1.29 is 4.79 Å². The topological polar surface area (TPSA) is 17.1 Å². The van der Waals surface area contributed by atoms with Crippen LogP contribution in [0.2, 0.25) is 10.0 Å². The molecular formula is C19H18Cl2O. The molecule has 0 aliphatic heterocycles. The lowest BCUT2D eigenvalue weighted by Crippen LogP contribution is -2.10. The van der Waals surface area contributed by atoms with Gasteiger partial charge in [0.2, 0.25) is 0 Å². The van der Waals surface area contributed by atoms with E-state index < -0.39 is 0 Å². The first-order chi connectivity index (χ1) is 10.3. The van der Waals surface area contributed by atoms with Crippen molar-refractivity contribution in [1.29, 1.82) is 0 Å². The maximum absolute atomic E-state index is 12.2. The fourth-order valence-corrected chi connectivity index (χ4v) is 2.55.